The highest BCUT2D eigenvalue weighted by Crippen LogP contribution is 2.32. The molecule has 2 heterocycles. The molecule has 0 aliphatic carbocycles. The average Bonchev–Trinajstić information content (AvgIpc) is 3.17. The molecule has 1 aromatic heterocycles. The van der Waals surface area contributed by atoms with Crippen molar-refractivity contribution in [1.82, 2.24) is 9.29 Å². The Balaban J connectivity index is 1.69. The number of sulfonamides is 1. The molecular formula is C21H21ClFN3O3S2. The van der Waals surface area contributed by atoms with E-state index < -0.39 is 26.6 Å². The molecule has 4 rings (SSSR count). The molecule has 0 spiro atoms. The molecule has 1 aliphatic heterocycles. The summed E-state index contributed by atoms with van der Waals surface area (Å²) in [5, 5.41) is 1.01. The van der Waals surface area contributed by atoms with E-state index >= 15 is 0 Å². The van der Waals surface area contributed by atoms with Crippen molar-refractivity contribution < 1.29 is 17.6 Å². The molecule has 164 valence electrons. The largest absolute Gasteiger partial charge is 0.284 e. The lowest BCUT2D eigenvalue weighted by Gasteiger charge is -2.26. The number of nitrogens with zero attached hydrogens (tertiary/aromatic N) is 3. The maximum Gasteiger partial charge on any atom is 0.260 e. The highest BCUT2D eigenvalue weighted by Gasteiger charge is 2.30. The number of anilines is 1. The summed E-state index contributed by atoms with van der Waals surface area (Å²) in [5.41, 5.74) is 0.766. The monoisotopic (exact) mass is 481 g/mol. The maximum absolute atomic E-state index is 14.5. The first-order valence-electron chi connectivity index (χ1n) is 9.99. The van der Waals surface area contributed by atoms with Crippen LogP contribution in [0.1, 0.15) is 36.5 Å². The molecule has 0 bridgehead atoms. The lowest BCUT2D eigenvalue weighted by molar-refractivity contribution is 0.0988. The van der Waals surface area contributed by atoms with Crippen molar-refractivity contribution in [3.8, 4) is 0 Å². The van der Waals surface area contributed by atoms with Crippen molar-refractivity contribution in [3.63, 3.8) is 0 Å². The minimum Gasteiger partial charge on any atom is -0.284 e. The summed E-state index contributed by atoms with van der Waals surface area (Å²) in [5.74, 6) is -1.30. The topological polar surface area (TPSA) is 70.6 Å². The number of piperidine rings is 1. The van der Waals surface area contributed by atoms with E-state index in [1.807, 2.05) is 6.07 Å². The number of amides is 1. The molecule has 31 heavy (non-hydrogen) atoms. The van der Waals surface area contributed by atoms with E-state index in [2.05, 4.69) is 4.98 Å². The van der Waals surface area contributed by atoms with Crippen LogP contribution < -0.4 is 4.90 Å². The van der Waals surface area contributed by atoms with Crippen molar-refractivity contribution in [3.05, 3.63) is 52.8 Å². The molecule has 1 aliphatic rings. The van der Waals surface area contributed by atoms with Crippen LogP contribution in [0.3, 0.4) is 0 Å². The predicted molar refractivity (Wildman–Crippen MR) is 121 cm³/mol. The standard InChI is InChI=1S/C21H21ClFN3O3S2/c1-2-26(21-24-17-13-15(22)7-9-18(17)30-21)20(27)14-6-8-16(23)19(12-14)31(28,29)25-10-4-3-5-11-25/h6-9,12-13H,2-5,10-11H2,1H3. The molecule has 0 atom stereocenters. The van der Waals surface area contributed by atoms with Gasteiger partial charge < -0.3 is 0 Å². The Morgan fingerprint density at radius 1 is 1.19 bits per heavy atom. The van der Waals surface area contributed by atoms with E-state index in [1.54, 1.807) is 19.1 Å². The summed E-state index contributed by atoms with van der Waals surface area (Å²) < 4.78 is 42.6. The van der Waals surface area contributed by atoms with Gasteiger partial charge in [0.15, 0.2) is 5.13 Å². The summed E-state index contributed by atoms with van der Waals surface area (Å²) in [6.45, 7) is 2.83. The van der Waals surface area contributed by atoms with E-state index in [0.717, 1.165) is 36.1 Å². The van der Waals surface area contributed by atoms with Crippen molar-refractivity contribution in [2.45, 2.75) is 31.1 Å². The second-order valence-corrected chi connectivity index (χ2v) is 10.6. The highest BCUT2D eigenvalue weighted by molar-refractivity contribution is 7.89. The molecule has 2 aromatic carbocycles. The summed E-state index contributed by atoms with van der Waals surface area (Å²) >= 11 is 7.36. The zero-order valence-electron chi connectivity index (χ0n) is 16.8. The SMILES string of the molecule is CCN(C(=O)c1ccc(F)c(S(=O)(=O)N2CCCCC2)c1)c1nc2cc(Cl)ccc2s1. The van der Waals surface area contributed by atoms with Crippen LogP contribution in [0, 0.1) is 5.82 Å². The molecular weight excluding hydrogens is 461 g/mol. The fourth-order valence-corrected chi connectivity index (χ4v) is 6.39. The summed E-state index contributed by atoms with van der Waals surface area (Å²) in [6, 6.07) is 8.78. The van der Waals surface area contributed by atoms with E-state index in [-0.39, 0.29) is 5.56 Å². The van der Waals surface area contributed by atoms with Crippen LogP contribution in [0.25, 0.3) is 10.2 Å². The van der Waals surface area contributed by atoms with Crippen molar-refractivity contribution in [2.75, 3.05) is 24.5 Å². The van der Waals surface area contributed by atoms with Crippen molar-refractivity contribution >= 4 is 54.2 Å². The number of carbonyl (C=O) groups excluding carboxylic acids is 1. The number of hydrogen-bond donors (Lipinski definition) is 0. The van der Waals surface area contributed by atoms with E-state index in [0.29, 0.717) is 35.3 Å². The van der Waals surface area contributed by atoms with Crippen LogP contribution in [-0.4, -0.2) is 43.2 Å². The molecule has 0 radical (unpaired) electrons. The summed E-state index contributed by atoms with van der Waals surface area (Å²) in [7, 11) is -4.01. The van der Waals surface area contributed by atoms with Crippen LogP contribution in [0.2, 0.25) is 5.02 Å². The quantitative estimate of drug-likeness (QED) is 0.518. The fourth-order valence-electron chi connectivity index (χ4n) is 3.60. The zero-order valence-corrected chi connectivity index (χ0v) is 19.2. The number of hydrogen-bond acceptors (Lipinski definition) is 5. The number of halogens is 2. The van der Waals surface area contributed by atoms with Gasteiger partial charge >= 0.3 is 0 Å². The number of carbonyl (C=O) groups is 1. The van der Waals surface area contributed by atoms with Gasteiger partial charge in [0.1, 0.15) is 10.7 Å². The van der Waals surface area contributed by atoms with Gasteiger partial charge in [-0.15, -0.1) is 0 Å². The van der Waals surface area contributed by atoms with E-state index in [9.17, 15) is 17.6 Å². The third-order valence-electron chi connectivity index (χ3n) is 5.24. The van der Waals surface area contributed by atoms with Gasteiger partial charge in [-0.25, -0.2) is 17.8 Å². The third kappa shape index (κ3) is 4.32. The van der Waals surface area contributed by atoms with Crippen LogP contribution in [0.15, 0.2) is 41.3 Å². The minimum absolute atomic E-state index is 0.0936. The first-order valence-corrected chi connectivity index (χ1v) is 12.6. The number of rotatable bonds is 5. The number of fused-ring (bicyclic) bond motifs is 1. The molecule has 3 aromatic rings. The molecule has 0 unspecified atom stereocenters. The fraction of sp³-hybridized carbons (Fsp3) is 0.333. The van der Waals surface area contributed by atoms with Gasteiger partial charge in [0.25, 0.3) is 5.91 Å². The average molecular weight is 482 g/mol. The predicted octanol–water partition coefficient (Wildman–Crippen LogP) is 4.93. The lowest BCUT2D eigenvalue weighted by atomic mass is 10.2. The minimum atomic E-state index is -4.01. The number of aromatic nitrogens is 1. The summed E-state index contributed by atoms with van der Waals surface area (Å²) in [4.78, 5) is 18.7. The van der Waals surface area contributed by atoms with Crippen LogP contribution >= 0.6 is 22.9 Å². The van der Waals surface area contributed by atoms with Gasteiger partial charge in [-0.1, -0.05) is 29.4 Å². The van der Waals surface area contributed by atoms with Crippen LogP contribution in [0.4, 0.5) is 9.52 Å². The third-order valence-corrected chi connectivity index (χ3v) is 8.45. The molecule has 1 fully saturated rings. The number of benzene rings is 2. The highest BCUT2D eigenvalue weighted by atomic mass is 35.5. The normalized spacial score (nSPS) is 15.3. The molecule has 0 saturated carbocycles. The van der Waals surface area contributed by atoms with Gasteiger partial charge in [-0.3, -0.25) is 9.69 Å². The molecule has 6 nitrogen and oxygen atoms in total. The van der Waals surface area contributed by atoms with E-state index in [1.165, 1.54) is 26.6 Å². The smallest absolute Gasteiger partial charge is 0.260 e. The first kappa shape index (κ1) is 22.1. The Morgan fingerprint density at radius 2 is 1.94 bits per heavy atom. The number of thiazole rings is 1. The van der Waals surface area contributed by atoms with Crippen LogP contribution in [-0.2, 0) is 10.0 Å². The Kier molecular flexibility index (Phi) is 6.30. The molecule has 10 heteroatoms. The maximum atomic E-state index is 14.5. The zero-order chi connectivity index (χ0) is 22.2. The first-order chi connectivity index (χ1) is 14.8. The van der Waals surface area contributed by atoms with E-state index in [4.69, 9.17) is 11.6 Å². The van der Waals surface area contributed by atoms with Gasteiger partial charge in [-0.05, 0) is 56.2 Å². The van der Waals surface area contributed by atoms with Gasteiger partial charge in [0, 0.05) is 30.2 Å². The molecule has 1 amide bonds. The van der Waals surface area contributed by atoms with Gasteiger partial charge in [0.05, 0.1) is 10.2 Å². The van der Waals surface area contributed by atoms with Crippen LogP contribution in [0.5, 0.6) is 0 Å². The van der Waals surface area contributed by atoms with Gasteiger partial charge in [-0.2, -0.15) is 4.31 Å². The van der Waals surface area contributed by atoms with Crippen molar-refractivity contribution in [1.29, 1.82) is 0 Å². The molecule has 1 saturated heterocycles. The summed E-state index contributed by atoms with van der Waals surface area (Å²) in [6.07, 6.45) is 2.43. The Hall–Kier alpha value is -2.07. The lowest BCUT2D eigenvalue weighted by Crippen LogP contribution is -2.36. The second-order valence-electron chi connectivity index (χ2n) is 7.27. The van der Waals surface area contributed by atoms with Crippen molar-refractivity contribution in [2.24, 2.45) is 0 Å². The Bertz CT molecular complexity index is 1240. The second kappa shape index (κ2) is 8.82. The Labute approximate surface area is 189 Å². The Morgan fingerprint density at radius 3 is 2.65 bits per heavy atom. The van der Waals surface area contributed by atoms with Gasteiger partial charge in [0.2, 0.25) is 10.0 Å². The molecule has 0 N–H and O–H groups in total.